The fourth-order valence-corrected chi connectivity index (χ4v) is 9.84. The molecule has 0 unspecified atom stereocenters. The number of thioether (sulfide) groups is 1. The number of benzene rings is 2. The molecule has 0 bridgehead atoms. The lowest BCUT2D eigenvalue weighted by atomic mass is 9.85. The summed E-state index contributed by atoms with van der Waals surface area (Å²) in [5.41, 5.74) is 0.922. The quantitative estimate of drug-likeness (QED) is 0.0750. The number of rotatable bonds is 18. The summed E-state index contributed by atoms with van der Waals surface area (Å²) in [4.78, 5) is 51.9. The second kappa shape index (κ2) is 19.9. The third-order valence-corrected chi connectivity index (χ3v) is 13.2. The first-order chi connectivity index (χ1) is 28.7. The van der Waals surface area contributed by atoms with E-state index in [4.69, 9.17) is 28.2 Å². The van der Waals surface area contributed by atoms with E-state index < -0.39 is 49.9 Å². The van der Waals surface area contributed by atoms with Gasteiger partial charge in [-0.15, -0.1) is 0 Å². The van der Waals surface area contributed by atoms with Crippen LogP contribution >= 0.6 is 19.5 Å². The number of nitrogens with one attached hydrogen (secondary N) is 1. The fourth-order valence-electron chi connectivity index (χ4n) is 7.96. The molecule has 1 aliphatic carbocycles. The minimum absolute atomic E-state index is 0.0925. The lowest BCUT2D eigenvalue weighted by molar-refractivity contribution is -0.167. The summed E-state index contributed by atoms with van der Waals surface area (Å²) in [6, 6.07) is 14.0. The monoisotopic (exact) mass is 867 g/mol. The van der Waals surface area contributed by atoms with Gasteiger partial charge in [0.05, 0.1) is 30.5 Å². The summed E-state index contributed by atoms with van der Waals surface area (Å²) >= 11 is 1.47. The van der Waals surface area contributed by atoms with Crippen molar-refractivity contribution in [3.63, 3.8) is 0 Å². The van der Waals surface area contributed by atoms with Gasteiger partial charge in [-0.05, 0) is 108 Å². The van der Waals surface area contributed by atoms with Gasteiger partial charge in [0.15, 0.2) is 11.8 Å². The van der Waals surface area contributed by atoms with E-state index in [2.05, 4.69) is 10.1 Å². The van der Waals surface area contributed by atoms with Crippen LogP contribution in [-0.2, 0) is 40.4 Å². The summed E-state index contributed by atoms with van der Waals surface area (Å²) in [6.07, 6.45) is 8.03. The molecule has 1 saturated carbocycles. The summed E-state index contributed by atoms with van der Waals surface area (Å²) < 4.78 is 59.8. The van der Waals surface area contributed by atoms with Crippen molar-refractivity contribution in [1.82, 2.24) is 24.5 Å². The predicted molar refractivity (Wildman–Crippen MR) is 226 cm³/mol. The molecule has 2 aromatic carbocycles. The number of aromatic nitrogens is 3. The highest BCUT2D eigenvalue weighted by Gasteiger charge is 2.45. The molecule has 17 heteroatoms. The van der Waals surface area contributed by atoms with Crippen molar-refractivity contribution in [3.05, 3.63) is 83.6 Å². The van der Waals surface area contributed by atoms with Crippen LogP contribution in [0, 0.1) is 5.82 Å². The van der Waals surface area contributed by atoms with Gasteiger partial charge in [0, 0.05) is 24.6 Å². The van der Waals surface area contributed by atoms with Gasteiger partial charge in [-0.2, -0.15) is 16.8 Å². The number of imidazole rings is 1. The van der Waals surface area contributed by atoms with Crippen molar-refractivity contribution in [1.29, 1.82) is 0 Å². The third kappa shape index (κ3) is 10.5. The fraction of sp³-hybridized carbons (Fsp3) is 0.512. The zero-order valence-corrected chi connectivity index (χ0v) is 36.8. The molecule has 4 atom stereocenters. The second-order valence-corrected chi connectivity index (χ2v) is 18.4. The maximum absolute atomic E-state index is 15.1. The van der Waals surface area contributed by atoms with E-state index in [9.17, 15) is 18.5 Å². The molecule has 1 saturated heterocycles. The normalized spacial score (nSPS) is 19.2. The van der Waals surface area contributed by atoms with E-state index in [1.165, 1.54) is 31.9 Å². The Hall–Kier alpha value is -4.50. The molecule has 60 heavy (non-hydrogen) atoms. The summed E-state index contributed by atoms with van der Waals surface area (Å²) in [7, 11) is -3.31. The molecule has 2 fully saturated rings. The van der Waals surface area contributed by atoms with Crippen LogP contribution in [0.3, 0.4) is 0 Å². The number of likely N-dealkylation sites (tertiary alicyclic amines) is 1. The molecule has 0 radical (unpaired) electrons. The number of ether oxygens (including phenoxy) is 3. The van der Waals surface area contributed by atoms with E-state index in [1.807, 2.05) is 50.1 Å². The largest absolute Gasteiger partial charge is 0.491 e. The molecular formula is C43H55FN5O9PS. The maximum Gasteiger partial charge on any atom is 0.461 e. The van der Waals surface area contributed by atoms with Crippen LogP contribution < -0.4 is 14.3 Å². The molecule has 1 N–H and O–H groups in total. The highest BCUT2D eigenvalue weighted by molar-refractivity contribution is 7.98. The molecule has 1 amide bonds. The highest BCUT2D eigenvalue weighted by Crippen LogP contribution is 2.47. The number of para-hydroxylation sites is 1. The van der Waals surface area contributed by atoms with Crippen LogP contribution in [0.2, 0.25) is 0 Å². The number of esters is 2. The van der Waals surface area contributed by atoms with Gasteiger partial charge >= 0.3 is 19.7 Å². The first-order valence-electron chi connectivity index (χ1n) is 20.4. The van der Waals surface area contributed by atoms with E-state index in [1.54, 1.807) is 34.9 Å². The molecule has 4 aromatic rings. The molecule has 324 valence electrons. The molecule has 14 nitrogen and oxygen atoms in total. The van der Waals surface area contributed by atoms with Crippen LogP contribution in [0.1, 0.15) is 107 Å². The van der Waals surface area contributed by atoms with Gasteiger partial charge in [0.1, 0.15) is 35.9 Å². The smallest absolute Gasteiger partial charge is 0.461 e. The minimum Gasteiger partial charge on any atom is -0.491 e. The van der Waals surface area contributed by atoms with E-state index in [-0.39, 0.29) is 41.3 Å². The molecule has 0 spiro atoms. The number of halogens is 1. The SMILES string of the molecule is COC(=O)[C@H](CCSC)OC(=O)[C@H](C)N[P@@](=O)(OCn1c([C@]2(C)CCCCN2C(=O)c2cc(OC(C)C)ccc2C2CCCC2)nc2ncc(F)cc21)Oc1ccccc1. The van der Waals surface area contributed by atoms with Crippen molar-refractivity contribution in [2.75, 3.05) is 25.7 Å². The van der Waals surface area contributed by atoms with Crippen molar-refractivity contribution in [3.8, 4) is 11.5 Å². The number of carbonyl (C=O) groups is 3. The van der Waals surface area contributed by atoms with Crippen LogP contribution in [-0.4, -0.2) is 81.2 Å². The Bertz CT molecular complexity index is 2190. The lowest BCUT2D eigenvalue weighted by Gasteiger charge is -2.45. The van der Waals surface area contributed by atoms with Crippen LogP contribution in [0.5, 0.6) is 11.5 Å². The molecule has 1 aliphatic heterocycles. The number of fused-ring (bicyclic) bond motifs is 1. The number of hydrogen-bond donors (Lipinski definition) is 1. The van der Waals surface area contributed by atoms with Crippen molar-refractivity contribution < 1.29 is 46.6 Å². The first kappa shape index (κ1) is 45.0. The standard InChI is InChI=1S/C43H55FN5O9PS/c1-28(2)56-33-18-19-34(30-14-10-11-15-30)35(25-33)39(50)49-22-13-12-21-43(49,4)42-46-38-36(24-31(44)26-45-38)48(42)27-55-59(53,58-32-16-8-7-9-17-32)47-29(3)40(51)57-37(20-23-60-6)41(52)54-5/h7-9,16-19,24-26,28-30,37H,10-15,20-23,27H2,1-6H3,(H,47,53)/t29-,37-,43-,59+/m0/s1. The number of methoxy groups -OCH3 is 1. The highest BCUT2D eigenvalue weighted by atomic mass is 32.2. The van der Waals surface area contributed by atoms with E-state index in [0.717, 1.165) is 50.3 Å². The number of nitrogens with zero attached hydrogens (tertiary/aromatic N) is 4. The van der Waals surface area contributed by atoms with E-state index in [0.29, 0.717) is 35.9 Å². The van der Waals surface area contributed by atoms with Crippen LogP contribution in [0.15, 0.2) is 60.8 Å². The van der Waals surface area contributed by atoms with Gasteiger partial charge in [-0.3, -0.25) is 18.7 Å². The molecule has 3 heterocycles. The topological polar surface area (TPSA) is 160 Å². The molecular weight excluding hydrogens is 813 g/mol. The number of piperidine rings is 1. The Morgan fingerprint density at radius 3 is 2.47 bits per heavy atom. The van der Waals surface area contributed by atoms with Gasteiger partial charge in [-0.1, -0.05) is 37.1 Å². The summed E-state index contributed by atoms with van der Waals surface area (Å²) in [6.45, 7) is 7.11. The van der Waals surface area contributed by atoms with E-state index >= 15 is 4.79 Å². The average Bonchev–Trinajstić information content (AvgIpc) is 3.90. The Balaban J connectivity index is 1.36. The Morgan fingerprint density at radius 2 is 1.77 bits per heavy atom. The zero-order chi connectivity index (χ0) is 43.0. The second-order valence-electron chi connectivity index (χ2n) is 15.7. The van der Waals surface area contributed by atoms with Gasteiger partial charge < -0.3 is 23.6 Å². The zero-order valence-electron chi connectivity index (χ0n) is 35.1. The number of amides is 1. The molecule has 2 aliphatic rings. The van der Waals surface area contributed by atoms with Crippen molar-refractivity contribution in [2.45, 2.75) is 115 Å². The average molecular weight is 868 g/mol. The summed E-state index contributed by atoms with van der Waals surface area (Å²) in [5.74, 6) is -0.554. The number of hydrogen-bond acceptors (Lipinski definition) is 12. The van der Waals surface area contributed by atoms with Gasteiger partial charge in [0.25, 0.3) is 5.91 Å². The maximum atomic E-state index is 15.1. The number of carbonyl (C=O) groups excluding carboxylic acids is 3. The molecule has 2 aromatic heterocycles. The van der Waals surface area contributed by atoms with Crippen LogP contribution in [0.4, 0.5) is 4.39 Å². The molecule has 6 rings (SSSR count). The Labute approximate surface area is 354 Å². The Morgan fingerprint density at radius 1 is 1.02 bits per heavy atom. The van der Waals surface area contributed by atoms with Crippen molar-refractivity contribution in [2.24, 2.45) is 0 Å². The Kier molecular flexibility index (Phi) is 15.0. The van der Waals surface area contributed by atoms with Gasteiger partial charge in [-0.25, -0.2) is 23.7 Å². The van der Waals surface area contributed by atoms with Crippen LogP contribution in [0.25, 0.3) is 11.2 Å². The lowest BCUT2D eigenvalue weighted by Crippen LogP contribution is -2.52. The predicted octanol–water partition coefficient (Wildman–Crippen LogP) is 8.53. The minimum atomic E-state index is -4.51. The summed E-state index contributed by atoms with van der Waals surface area (Å²) in [5, 5.41) is 2.67. The van der Waals surface area contributed by atoms with Crippen molar-refractivity contribution >= 4 is 48.5 Å². The first-order valence-corrected chi connectivity index (χ1v) is 23.4. The third-order valence-electron chi connectivity index (χ3n) is 10.9. The number of pyridine rings is 1. The van der Waals surface area contributed by atoms with Gasteiger partial charge in [0.2, 0.25) is 0 Å².